The van der Waals surface area contributed by atoms with Gasteiger partial charge in [-0.15, -0.1) is 0 Å². The van der Waals surface area contributed by atoms with Crippen molar-refractivity contribution in [2.75, 3.05) is 26.2 Å². The molecule has 1 atom stereocenters. The quantitative estimate of drug-likeness (QED) is 0.242. The van der Waals surface area contributed by atoms with Gasteiger partial charge >= 0.3 is 0 Å². The fraction of sp³-hybridized carbons (Fsp3) is 0.448. The first-order valence-corrected chi connectivity index (χ1v) is 12.7. The zero-order chi connectivity index (χ0) is 25.4. The number of amides is 1. The lowest BCUT2D eigenvalue weighted by atomic mass is 9.95. The summed E-state index contributed by atoms with van der Waals surface area (Å²) >= 11 is 0. The molecule has 1 heterocycles. The number of unbranched alkanes of at least 4 members (excludes halogenated alkanes) is 2. The number of nitrogens with zero attached hydrogens (tertiary/aromatic N) is 2. The largest absolute Gasteiger partial charge is 0.508 e. The Morgan fingerprint density at radius 2 is 1.57 bits per heavy atom. The maximum Gasteiger partial charge on any atom is 0.295 e. The number of carbonyl (C=O) groups excluding carboxylic acids is 2. The number of rotatable bonds is 12. The zero-order valence-corrected chi connectivity index (χ0v) is 21.2. The number of phenols is 1. The van der Waals surface area contributed by atoms with Gasteiger partial charge in [0.2, 0.25) is 0 Å². The topological polar surface area (TPSA) is 81.1 Å². The fourth-order valence-electron chi connectivity index (χ4n) is 4.58. The number of aliphatic hydroxyl groups is 1. The van der Waals surface area contributed by atoms with Crippen LogP contribution in [0.5, 0.6) is 5.75 Å². The van der Waals surface area contributed by atoms with E-state index in [1.165, 1.54) is 0 Å². The molecule has 1 aliphatic rings. The molecule has 35 heavy (non-hydrogen) atoms. The minimum absolute atomic E-state index is 0.0498. The standard InChI is InChI=1S/C29H38N2O4/c1-4-6-16-30(17-7-5-2)18-9-19-31-26(23-10-8-11-24(32)20-23)25(28(34)29(31)35)27(33)22-14-12-21(3)13-15-22/h8,10-15,20,26,32-33H,4-7,9,16-19H2,1-3H3/t26-/m0/s1. The van der Waals surface area contributed by atoms with Crippen LogP contribution in [-0.4, -0.2) is 57.9 Å². The number of Topliss-reactive ketones (excluding diaryl/α,β-unsaturated/α-hetero) is 1. The van der Waals surface area contributed by atoms with Crippen LogP contribution in [0.15, 0.2) is 54.1 Å². The Labute approximate surface area is 208 Å². The average molecular weight is 479 g/mol. The van der Waals surface area contributed by atoms with Crippen molar-refractivity contribution in [1.29, 1.82) is 0 Å². The normalized spacial score (nSPS) is 17.5. The Balaban J connectivity index is 1.91. The van der Waals surface area contributed by atoms with E-state index in [-0.39, 0.29) is 17.1 Å². The van der Waals surface area contributed by atoms with Gasteiger partial charge in [0, 0.05) is 12.1 Å². The van der Waals surface area contributed by atoms with Crippen LogP contribution in [0.2, 0.25) is 0 Å². The summed E-state index contributed by atoms with van der Waals surface area (Å²) in [5.74, 6) is -1.44. The molecule has 6 nitrogen and oxygen atoms in total. The lowest BCUT2D eigenvalue weighted by molar-refractivity contribution is -0.140. The first-order valence-electron chi connectivity index (χ1n) is 12.7. The van der Waals surface area contributed by atoms with Crippen molar-refractivity contribution in [3.05, 3.63) is 70.8 Å². The van der Waals surface area contributed by atoms with E-state index in [4.69, 9.17) is 0 Å². The van der Waals surface area contributed by atoms with Gasteiger partial charge in [-0.05, 0) is 63.5 Å². The van der Waals surface area contributed by atoms with Gasteiger partial charge in [0.15, 0.2) is 0 Å². The first-order chi connectivity index (χ1) is 16.9. The third-order valence-corrected chi connectivity index (χ3v) is 6.58. The Morgan fingerprint density at radius 1 is 0.943 bits per heavy atom. The maximum atomic E-state index is 13.2. The van der Waals surface area contributed by atoms with Crippen LogP contribution in [0.1, 0.15) is 68.7 Å². The van der Waals surface area contributed by atoms with Gasteiger partial charge in [0.25, 0.3) is 11.7 Å². The van der Waals surface area contributed by atoms with Crippen molar-refractivity contribution >= 4 is 17.4 Å². The second-order valence-electron chi connectivity index (χ2n) is 9.36. The Morgan fingerprint density at radius 3 is 2.17 bits per heavy atom. The number of hydrogen-bond donors (Lipinski definition) is 2. The molecule has 1 saturated heterocycles. The van der Waals surface area contributed by atoms with E-state index < -0.39 is 17.7 Å². The van der Waals surface area contributed by atoms with Crippen molar-refractivity contribution in [3.8, 4) is 5.75 Å². The predicted molar refractivity (Wildman–Crippen MR) is 139 cm³/mol. The van der Waals surface area contributed by atoms with Gasteiger partial charge < -0.3 is 20.0 Å². The van der Waals surface area contributed by atoms with Crippen LogP contribution in [0, 0.1) is 6.92 Å². The van der Waals surface area contributed by atoms with Crippen molar-refractivity contribution in [3.63, 3.8) is 0 Å². The van der Waals surface area contributed by atoms with E-state index in [0.29, 0.717) is 17.7 Å². The van der Waals surface area contributed by atoms with E-state index in [2.05, 4.69) is 18.7 Å². The van der Waals surface area contributed by atoms with Crippen LogP contribution < -0.4 is 0 Å². The van der Waals surface area contributed by atoms with Gasteiger partial charge in [0.1, 0.15) is 11.5 Å². The summed E-state index contributed by atoms with van der Waals surface area (Å²) in [5.41, 5.74) is 2.19. The van der Waals surface area contributed by atoms with Crippen LogP contribution in [0.4, 0.5) is 0 Å². The highest BCUT2D eigenvalue weighted by atomic mass is 16.3. The van der Waals surface area contributed by atoms with Gasteiger partial charge in [-0.3, -0.25) is 9.59 Å². The van der Waals surface area contributed by atoms with Gasteiger partial charge in [-0.1, -0.05) is 68.7 Å². The van der Waals surface area contributed by atoms with E-state index in [0.717, 1.165) is 57.3 Å². The predicted octanol–water partition coefficient (Wildman–Crippen LogP) is 5.41. The van der Waals surface area contributed by atoms with E-state index in [1.807, 2.05) is 19.1 Å². The molecular weight excluding hydrogens is 440 g/mol. The minimum Gasteiger partial charge on any atom is -0.508 e. The molecular formula is C29H38N2O4. The van der Waals surface area contributed by atoms with Gasteiger partial charge in [0.05, 0.1) is 11.6 Å². The molecule has 1 aliphatic heterocycles. The van der Waals surface area contributed by atoms with E-state index in [9.17, 15) is 19.8 Å². The molecule has 0 aliphatic carbocycles. The number of phenolic OH excluding ortho intramolecular Hbond substituents is 1. The number of aromatic hydroxyl groups is 1. The summed E-state index contributed by atoms with van der Waals surface area (Å²) in [6, 6.07) is 13.0. The number of likely N-dealkylation sites (tertiary alicyclic amines) is 1. The number of aliphatic hydroxyl groups excluding tert-OH is 1. The Bertz CT molecular complexity index is 1040. The minimum atomic E-state index is -0.747. The van der Waals surface area contributed by atoms with Gasteiger partial charge in [-0.25, -0.2) is 0 Å². The average Bonchev–Trinajstić information content (AvgIpc) is 3.10. The molecule has 2 aromatic rings. The molecule has 1 fully saturated rings. The smallest absolute Gasteiger partial charge is 0.295 e. The van der Waals surface area contributed by atoms with Crippen molar-refractivity contribution in [1.82, 2.24) is 9.80 Å². The summed E-state index contributed by atoms with van der Waals surface area (Å²) in [7, 11) is 0. The number of aryl methyl sites for hydroxylation is 1. The lowest BCUT2D eigenvalue weighted by Gasteiger charge is -2.27. The number of carbonyl (C=O) groups is 2. The first kappa shape index (κ1) is 26.5. The third kappa shape index (κ3) is 6.51. The highest BCUT2D eigenvalue weighted by Gasteiger charge is 2.45. The van der Waals surface area contributed by atoms with Crippen molar-refractivity contribution < 1.29 is 19.8 Å². The second-order valence-corrected chi connectivity index (χ2v) is 9.36. The molecule has 6 heteroatoms. The molecule has 188 valence electrons. The highest BCUT2D eigenvalue weighted by molar-refractivity contribution is 6.46. The Kier molecular flexibility index (Phi) is 9.49. The van der Waals surface area contributed by atoms with Crippen LogP contribution in [0.25, 0.3) is 5.76 Å². The SMILES string of the molecule is CCCCN(CCCC)CCCN1C(=O)C(=O)C(=C(O)c2ccc(C)cc2)[C@@H]1c1cccc(O)c1. The van der Waals surface area contributed by atoms with Crippen molar-refractivity contribution in [2.45, 2.75) is 58.9 Å². The Hall–Kier alpha value is -3.12. The highest BCUT2D eigenvalue weighted by Crippen LogP contribution is 2.40. The molecule has 2 N–H and O–H groups in total. The summed E-state index contributed by atoms with van der Waals surface area (Å²) < 4.78 is 0. The van der Waals surface area contributed by atoms with E-state index >= 15 is 0 Å². The third-order valence-electron chi connectivity index (χ3n) is 6.58. The van der Waals surface area contributed by atoms with E-state index in [1.54, 1.807) is 41.3 Å². The molecule has 0 radical (unpaired) electrons. The van der Waals surface area contributed by atoms with Crippen molar-refractivity contribution in [2.24, 2.45) is 0 Å². The summed E-state index contributed by atoms with van der Waals surface area (Å²) in [4.78, 5) is 30.3. The maximum absolute atomic E-state index is 13.2. The monoisotopic (exact) mass is 478 g/mol. The molecule has 1 amide bonds. The molecule has 2 aromatic carbocycles. The van der Waals surface area contributed by atoms with Gasteiger partial charge in [-0.2, -0.15) is 0 Å². The molecule has 0 aromatic heterocycles. The summed E-state index contributed by atoms with van der Waals surface area (Å²) in [5, 5.41) is 21.2. The van der Waals surface area contributed by atoms with Crippen LogP contribution in [-0.2, 0) is 9.59 Å². The zero-order valence-electron chi connectivity index (χ0n) is 21.2. The summed E-state index contributed by atoms with van der Waals surface area (Å²) in [6.07, 6.45) is 5.25. The number of benzene rings is 2. The number of ketones is 1. The molecule has 3 rings (SSSR count). The fourth-order valence-corrected chi connectivity index (χ4v) is 4.58. The lowest BCUT2D eigenvalue weighted by Crippen LogP contribution is -2.34. The second kappa shape index (κ2) is 12.5. The van der Waals surface area contributed by atoms with Crippen LogP contribution >= 0.6 is 0 Å². The number of hydrogen-bond acceptors (Lipinski definition) is 5. The molecule has 0 spiro atoms. The molecule has 0 unspecified atom stereocenters. The molecule has 0 bridgehead atoms. The molecule has 0 saturated carbocycles. The van der Waals surface area contributed by atoms with Crippen LogP contribution in [0.3, 0.4) is 0 Å². The summed E-state index contributed by atoms with van der Waals surface area (Å²) in [6.45, 7) is 9.59.